The van der Waals surface area contributed by atoms with Gasteiger partial charge in [0.15, 0.2) is 5.60 Å². The fourth-order valence-corrected chi connectivity index (χ4v) is 1.36. The van der Waals surface area contributed by atoms with Crippen LogP contribution in [-0.4, -0.2) is 61.3 Å². The van der Waals surface area contributed by atoms with Crippen molar-refractivity contribution in [3.63, 3.8) is 0 Å². The van der Waals surface area contributed by atoms with Gasteiger partial charge >= 0.3 is 5.97 Å². The summed E-state index contributed by atoms with van der Waals surface area (Å²) < 4.78 is 4.45. The van der Waals surface area contributed by atoms with Crippen LogP contribution in [0.15, 0.2) is 0 Å². The van der Waals surface area contributed by atoms with Crippen molar-refractivity contribution in [2.45, 2.75) is 19.4 Å². The highest BCUT2D eigenvalue weighted by Gasteiger charge is 2.33. The predicted molar refractivity (Wildman–Crippen MR) is 58.8 cm³/mol. The zero-order valence-electron chi connectivity index (χ0n) is 10.2. The number of nitrogens with one attached hydrogen (secondary N) is 1. The van der Waals surface area contributed by atoms with Gasteiger partial charge in [0.1, 0.15) is 0 Å². The third kappa shape index (κ3) is 5.09. The lowest BCUT2D eigenvalue weighted by Crippen LogP contribution is -2.48. The lowest BCUT2D eigenvalue weighted by atomic mass is 10.1. The fraction of sp³-hybridized carbons (Fsp3) is 0.800. The number of rotatable bonds is 6. The smallest absolute Gasteiger partial charge is 0.338 e. The molecule has 16 heavy (non-hydrogen) atoms. The van der Waals surface area contributed by atoms with E-state index in [9.17, 15) is 14.7 Å². The summed E-state index contributed by atoms with van der Waals surface area (Å²) in [4.78, 5) is 24.0. The average molecular weight is 232 g/mol. The molecule has 0 heterocycles. The fourth-order valence-electron chi connectivity index (χ4n) is 1.36. The van der Waals surface area contributed by atoms with Crippen LogP contribution >= 0.6 is 0 Å². The third-order valence-electron chi connectivity index (χ3n) is 1.99. The predicted octanol–water partition coefficient (Wildman–Crippen LogP) is -1.02. The molecule has 0 bridgehead atoms. The van der Waals surface area contributed by atoms with Gasteiger partial charge in [-0.3, -0.25) is 9.69 Å². The van der Waals surface area contributed by atoms with Gasteiger partial charge in [-0.25, -0.2) is 4.79 Å². The summed E-state index contributed by atoms with van der Waals surface area (Å²) >= 11 is 0. The van der Waals surface area contributed by atoms with Crippen LogP contribution in [0.3, 0.4) is 0 Å². The highest BCUT2D eigenvalue weighted by atomic mass is 16.5. The molecule has 0 aromatic rings. The molecule has 0 radical (unpaired) electrons. The lowest BCUT2D eigenvalue weighted by molar-refractivity contribution is -0.162. The molecule has 1 unspecified atom stereocenters. The Kier molecular flexibility index (Phi) is 5.98. The van der Waals surface area contributed by atoms with Crippen LogP contribution in [0, 0.1) is 0 Å². The lowest BCUT2D eigenvalue weighted by Gasteiger charge is -2.26. The Bertz CT molecular complexity index is 253. The average Bonchev–Trinajstić information content (AvgIpc) is 2.15. The molecule has 0 saturated carbocycles. The van der Waals surface area contributed by atoms with Crippen LogP contribution in [0.25, 0.3) is 0 Å². The van der Waals surface area contributed by atoms with E-state index in [1.54, 1.807) is 11.9 Å². The van der Waals surface area contributed by atoms with Crippen molar-refractivity contribution in [2.24, 2.45) is 0 Å². The van der Waals surface area contributed by atoms with E-state index in [1.807, 2.05) is 6.92 Å². The molecule has 0 aromatic heterocycles. The number of carbonyl (C=O) groups excluding carboxylic acids is 2. The number of esters is 1. The number of ether oxygens (including phenoxy) is 1. The first-order chi connectivity index (χ1) is 7.33. The third-order valence-corrected chi connectivity index (χ3v) is 1.99. The van der Waals surface area contributed by atoms with Crippen molar-refractivity contribution in [3.05, 3.63) is 0 Å². The van der Waals surface area contributed by atoms with Gasteiger partial charge in [-0.1, -0.05) is 0 Å². The van der Waals surface area contributed by atoms with E-state index in [4.69, 9.17) is 0 Å². The number of likely N-dealkylation sites (N-methyl/N-ethyl adjacent to an activating group) is 2. The molecule has 2 N–H and O–H groups in total. The van der Waals surface area contributed by atoms with Crippen molar-refractivity contribution in [2.75, 3.05) is 33.8 Å². The molecule has 0 rings (SSSR count). The quantitative estimate of drug-likeness (QED) is 0.573. The van der Waals surface area contributed by atoms with Crippen molar-refractivity contribution < 1.29 is 19.4 Å². The van der Waals surface area contributed by atoms with Crippen LogP contribution < -0.4 is 5.32 Å². The summed E-state index contributed by atoms with van der Waals surface area (Å²) in [6, 6.07) is 0. The van der Waals surface area contributed by atoms with Crippen molar-refractivity contribution >= 4 is 11.9 Å². The van der Waals surface area contributed by atoms with Gasteiger partial charge in [0, 0.05) is 13.1 Å². The molecular weight excluding hydrogens is 212 g/mol. The Balaban J connectivity index is 4.17. The minimum Gasteiger partial charge on any atom is -0.467 e. The second-order valence-electron chi connectivity index (χ2n) is 3.89. The van der Waals surface area contributed by atoms with E-state index < -0.39 is 11.6 Å². The number of methoxy groups -OCH3 is 1. The van der Waals surface area contributed by atoms with E-state index >= 15 is 0 Å². The standard InChI is InChI=1S/C10H20N2O4/c1-5-11-8(13)6-12(3)7-10(2,15)9(14)16-4/h15H,5-7H2,1-4H3,(H,11,13). The molecule has 0 aliphatic carbocycles. The summed E-state index contributed by atoms with van der Waals surface area (Å²) in [5.74, 6) is -0.860. The number of nitrogens with zero attached hydrogens (tertiary/aromatic N) is 1. The summed E-state index contributed by atoms with van der Waals surface area (Å²) in [5.41, 5.74) is -1.60. The minimum absolute atomic E-state index is 0.0385. The molecule has 1 atom stereocenters. The highest BCUT2D eigenvalue weighted by molar-refractivity contribution is 5.80. The summed E-state index contributed by atoms with van der Waals surface area (Å²) in [5, 5.41) is 12.4. The first-order valence-electron chi connectivity index (χ1n) is 5.09. The second-order valence-corrected chi connectivity index (χ2v) is 3.89. The van der Waals surface area contributed by atoms with E-state index in [2.05, 4.69) is 10.1 Å². The first-order valence-corrected chi connectivity index (χ1v) is 5.09. The SMILES string of the molecule is CCNC(=O)CN(C)CC(C)(O)C(=O)OC. The van der Waals surface area contributed by atoms with E-state index in [-0.39, 0.29) is 19.0 Å². The topological polar surface area (TPSA) is 78.9 Å². The molecule has 6 heteroatoms. The summed E-state index contributed by atoms with van der Waals surface area (Å²) in [6.07, 6.45) is 0. The maximum Gasteiger partial charge on any atom is 0.338 e. The Morgan fingerprint density at radius 3 is 2.50 bits per heavy atom. The number of carbonyl (C=O) groups is 2. The van der Waals surface area contributed by atoms with E-state index in [0.717, 1.165) is 0 Å². The largest absolute Gasteiger partial charge is 0.467 e. The van der Waals surface area contributed by atoms with Crippen LogP contribution in [-0.2, 0) is 14.3 Å². The first kappa shape index (κ1) is 14.9. The minimum atomic E-state index is -1.60. The summed E-state index contributed by atoms with van der Waals surface area (Å²) in [7, 11) is 2.85. The van der Waals surface area contributed by atoms with Crippen LogP contribution in [0.1, 0.15) is 13.8 Å². The van der Waals surface area contributed by atoms with Crippen molar-refractivity contribution in [3.8, 4) is 0 Å². The number of hydrogen-bond donors (Lipinski definition) is 2. The Morgan fingerprint density at radius 2 is 2.06 bits per heavy atom. The van der Waals surface area contributed by atoms with E-state index in [0.29, 0.717) is 6.54 Å². The van der Waals surface area contributed by atoms with E-state index in [1.165, 1.54) is 14.0 Å². The monoisotopic (exact) mass is 232 g/mol. The molecule has 0 fully saturated rings. The number of amides is 1. The maximum atomic E-state index is 11.2. The van der Waals surface area contributed by atoms with Crippen LogP contribution in [0.2, 0.25) is 0 Å². The highest BCUT2D eigenvalue weighted by Crippen LogP contribution is 2.07. The molecule has 0 aromatic carbocycles. The molecular formula is C10H20N2O4. The summed E-state index contributed by atoms with van der Waals surface area (Å²) in [6.45, 7) is 3.90. The normalized spacial score (nSPS) is 14.4. The number of aliphatic hydroxyl groups is 1. The van der Waals surface area contributed by atoms with Gasteiger partial charge in [-0.05, 0) is 20.9 Å². The molecule has 0 aliphatic heterocycles. The Labute approximate surface area is 95.6 Å². The molecule has 0 aliphatic rings. The molecule has 94 valence electrons. The van der Waals surface area contributed by atoms with Gasteiger partial charge in [0.05, 0.1) is 13.7 Å². The van der Waals surface area contributed by atoms with Crippen molar-refractivity contribution in [1.29, 1.82) is 0 Å². The molecule has 1 amide bonds. The zero-order valence-corrected chi connectivity index (χ0v) is 10.2. The zero-order chi connectivity index (χ0) is 12.8. The van der Waals surface area contributed by atoms with Crippen molar-refractivity contribution in [1.82, 2.24) is 10.2 Å². The molecule has 0 saturated heterocycles. The van der Waals surface area contributed by atoms with Crippen LogP contribution in [0.5, 0.6) is 0 Å². The molecule has 0 spiro atoms. The van der Waals surface area contributed by atoms with Gasteiger partial charge < -0.3 is 15.2 Å². The van der Waals surface area contributed by atoms with Gasteiger partial charge in [-0.15, -0.1) is 0 Å². The second kappa shape index (κ2) is 6.44. The van der Waals surface area contributed by atoms with Gasteiger partial charge in [0.2, 0.25) is 5.91 Å². The van der Waals surface area contributed by atoms with Crippen LogP contribution in [0.4, 0.5) is 0 Å². The number of hydrogen-bond acceptors (Lipinski definition) is 5. The van der Waals surface area contributed by atoms with Gasteiger partial charge in [0.25, 0.3) is 0 Å². The Morgan fingerprint density at radius 1 is 1.50 bits per heavy atom. The van der Waals surface area contributed by atoms with Gasteiger partial charge in [-0.2, -0.15) is 0 Å². The Hall–Kier alpha value is -1.14. The maximum absolute atomic E-state index is 11.2. The molecule has 6 nitrogen and oxygen atoms in total.